The molecule has 0 aliphatic carbocycles. The molecular weight excluding hydrogens is 208 g/mol. The summed E-state index contributed by atoms with van der Waals surface area (Å²) in [4.78, 5) is 0. The van der Waals surface area contributed by atoms with E-state index in [-0.39, 0.29) is 11.9 Å². The van der Waals surface area contributed by atoms with Gasteiger partial charge in [0.05, 0.1) is 0 Å². The van der Waals surface area contributed by atoms with Crippen molar-refractivity contribution in [1.29, 1.82) is 0 Å². The minimum absolute atomic E-state index is 0.157. The van der Waals surface area contributed by atoms with Crippen LogP contribution in [0, 0.1) is 12.7 Å². The summed E-state index contributed by atoms with van der Waals surface area (Å²) in [5, 5.41) is 3.16. The van der Waals surface area contributed by atoms with Crippen LogP contribution in [0.4, 0.5) is 8.78 Å². The lowest BCUT2D eigenvalue weighted by Gasteiger charge is -2.26. The molecule has 0 radical (unpaired) electrons. The molecule has 0 bridgehead atoms. The van der Waals surface area contributed by atoms with E-state index in [9.17, 15) is 8.78 Å². The third-order valence-electron chi connectivity index (χ3n) is 3.08. The standard InChI is InChI=1S/C13H17F2N/c1-9-6-10(8-11(14)7-9)13(15)12-4-2-3-5-16-12/h6-8,12-13,16H,2-5H2,1H3. The fourth-order valence-electron chi connectivity index (χ4n) is 2.28. The average Bonchev–Trinajstić information content (AvgIpc) is 2.28. The number of aryl methyl sites for hydroxylation is 1. The molecular formula is C13H17F2N. The van der Waals surface area contributed by atoms with Gasteiger partial charge in [-0.25, -0.2) is 8.78 Å². The molecule has 0 amide bonds. The second-order valence-electron chi connectivity index (χ2n) is 4.52. The normalized spacial score (nSPS) is 23.1. The molecule has 2 rings (SSSR count). The number of rotatable bonds is 2. The molecule has 0 saturated carbocycles. The first-order valence-electron chi connectivity index (χ1n) is 5.81. The lowest BCUT2D eigenvalue weighted by Crippen LogP contribution is -2.37. The zero-order valence-corrected chi connectivity index (χ0v) is 9.47. The van der Waals surface area contributed by atoms with Crippen LogP contribution in [0.25, 0.3) is 0 Å². The molecule has 1 N–H and O–H groups in total. The van der Waals surface area contributed by atoms with Crippen LogP contribution >= 0.6 is 0 Å². The Morgan fingerprint density at radius 1 is 1.31 bits per heavy atom. The number of piperidine rings is 1. The van der Waals surface area contributed by atoms with Gasteiger partial charge in [0.1, 0.15) is 12.0 Å². The molecule has 1 aromatic carbocycles. The molecule has 2 unspecified atom stereocenters. The summed E-state index contributed by atoms with van der Waals surface area (Å²) in [6, 6.07) is 4.29. The van der Waals surface area contributed by atoms with Gasteiger partial charge in [0, 0.05) is 6.04 Å². The maximum Gasteiger partial charge on any atom is 0.140 e. The molecule has 1 aliphatic rings. The molecule has 1 aliphatic heterocycles. The number of benzene rings is 1. The van der Waals surface area contributed by atoms with Gasteiger partial charge in [-0.05, 0) is 49.6 Å². The molecule has 88 valence electrons. The lowest BCUT2D eigenvalue weighted by molar-refractivity contribution is 0.220. The fourth-order valence-corrected chi connectivity index (χ4v) is 2.28. The summed E-state index contributed by atoms with van der Waals surface area (Å²) in [5.41, 5.74) is 1.23. The Morgan fingerprint density at radius 3 is 2.75 bits per heavy atom. The van der Waals surface area contributed by atoms with Gasteiger partial charge in [0.25, 0.3) is 0 Å². The van der Waals surface area contributed by atoms with Crippen molar-refractivity contribution in [3.8, 4) is 0 Å². The van der Waals surface area contributed by atoms with E-state index >= 15 is 0 Å². The zero-order chi connectivity index (χ0) is 11.5. The summed E-state index contributed by atoms with van der Waals surface area (Å²) in [5.74, 6) is -0.353. The Bertz CT molecular complexity index is 339. The Kier molecular flexibility index (Phi) is 3.54. The van der Waals surface area contributed by atoms with Gasteiger partial charge in [0.15, 0.2) is 0 Å². The van der Waals surface area contributed by atoms with Crippen LogP contribution in [0.2, 0.25) is 0 Å². The molecule has 0 spiro atoms. The molecule has 0 aromatic heterocycles. The van der Waals surface area contributed by atoms with Gasteiger partial charge in [-0.2, -0.15) is 0 Å². The Labute approximate surface area is 94.9 Å². The number of hydrogen-bond donors (Lipinski definition) is 1. The quantitative estimate of drug-likeness (QED) is 0.814. The first-order valence-corrected chi connectivity index (χ1v) is 5.81. The topological polar surface area (TPSA) is 12.0 Å². The maximum atomic E-state index is 14.2. The molecule has 1 nitrogen and oxygen atoms in total. The van der Waals surface area contributed by atoms with E-state index in [1.807, 2.05) is 0 Å². The summed E-state index contributed by atoms with van der Waals surface area (Å²) in [7, 11) is 0. The van der Waals surface area contributed by atoms with Gasteiger partial charge in [0.2, 0.25) is 0 Å². The molecule has 16 heavy (non-hydrogen) atoms. The van der Waals surface area contributed by atoms with Gasteiger partial charge in [-0.3, -0.25) is 0 Å². The van der Waals surface area contributed by atoms with Gasteiger partial charge < -0.3 is 5.32 Å². The Balaban J connectivity index is 2.15. The van der Waals surface area contributed by atoms with Gasteiger partial charge in [-0.15, -0.1) is 0 Å². The van der Waals surface area contributed by atoms with Gasteiger partial charge >= 0.3 is 0 Å². The van der Waals surface area contributed by atoms with Crippen molar-refractivity contribution in [2.75, 3.05) is 6.54 Å². The molecule has 1 saturated heterocycles. The van der Waals surface area contributed by atoms with Crippen LogP contribution in [0.5, 0.6) is 0 Å². The number of alkyl halides is 1. The molecule has 1 aromatic rings. The van der Waals surface area contributed by atoms with Crippen LogP contribution in [-0.2, 0) is 0 Å². The maximum absolute atomic E-state index is 14.2. The molecule has 2 atom stereocenters. The van der Waals surface area contributed by atoms with Crippen LogP contribution in [0.15, 0.2) is 18.2 Å². The number of hydrogen-bond acceptors (Lipinski definition) is 1. The third-order valence-corrected chi connectivity index (χ3v) is 3.08. The highest BCUT2D eigenvalue weighted by atomic mass is 19.1. The predicted molar refractivity (Wildman–Crippen MR) is 60.6 cm³/mol. The average molecular weight is 225 g/mol. The smallest absolute Gasteiger partial charge is 0.140 e. The SMILES string of the molecule is Cc1cc(F)cc(C(F)C2CCCCN2)c1. The second-order valence-corrected chi connectivity index (χ2v) is 4.52. The van der Waals surface area contributed by atoms with Crippen molar-refractivity contribution < 1.29 is 8.78 Å². The van der Waals surface area contributed by atoms with E-state index in [0.29, 0.717) is 5.56 Å². The Hall–Kier alpha value is -0.960. The minimum Gasteiger partial charge on any atom is -0.311 e. The lowest BCUT2D eigenvalue weighted by atomic mass is 9.95. The predicted octanol–water partition coefficient (Wildman–Crippen LogP) is 3.29. The van der Waals surface area contributed by atoms with E-state index in [1.54, 1.807) is 13.0 Å². The van der Waals surface area contributed by atoms with Crippen molar-refractivity contribution in [2.24, 2.45) is 0 Å². The third kappa shape index (κ3) is 2.59. The molecule has 3 heteroatoms. The highest BCUT2D eigenvalue weighted by Gasteiger charge is 2.24. The number of halogens is 2. The molecule has 1 fully saturated rings. The Morgan fingerprint density at radius 2 is 2.12 bits per heavy atom. The van der Waals surface area contributed by atoms with Crippen molar-refractivity contribution >= 4 is 0 Å². The van der Waals surface area contributed by atoms with E-state index < -0.39 is 6.17 Å². The summed E-state index contributed by atoms with van der Waals surface area (Å²) in [6.45, 7) is 2.65. The zero-order valence-electron chi connectivity index (χ0n) is 9.47. The van der Waals surface area contributed by atoms with Crippen molar-refractivity contribution in [3.05, 3.63) is 35.1 Å². The minimum atomic E-state index is -1.10. The highest BCUT2D eigenvalue weighted by molar-refractivity contribution is 5.26. The molecule has 1 heterocycles. The van der Waals surface area contributed by atoms with Crippen molar-refractivity contribution in [2.45, 2.75) is 38.4 Å². The first-order chi connectivity index (χ1) is 7.66. The van der Waals surface area contributed by atoms with Crippen LogP contribution in [0.1, 0.15) is 36.6 Å². The summed E-state index contributed by atoms with van der Waals surface area (Å²) >= 11 is 0. The van der Waals surface area contributed by atoms with E-state index in [2.05, 4.69) is 5.32 Å². The van der Waals surface area contributed by atoms with Crippen molar-refractivity contribution in [1.82, 2.24) is 5.32 Å². The van der Waals surface area contributed by atoms with E-state index in [4.69, 9.17) is 0 Å². The highest BCUT2D eigenvalue weighted by Crippen LogP contribution is 2.27. The van der Waals surface area contributed by atoms with E-state index in [0.717, 1.165) is 31.4 Å². The van der Waals surface area contributed by atoms with Gasteiger partial charge in [-0.1, -0.05) is 12.5 Å². The monoisotopic (exact) mass is 225 g/mol. The fraction of sp³-hybridized carbons (Fsp3) is 0.538. The first kappa shape index (κ1) is 11.5. The van der Waals surface area contributed by atoms with Crippen LogP contribution in [0.3, 0.4) is 0 Å². The largest absolute Gasteiger partial charge is 0.311 e. The van der Waals surface area contributed by atoms with Crippen LogP contribution < -0.4 is 5.32 Å². The van der Waals surface area contributed by atoms with Crippen LogP contribution in [-0.4, -0.2) is 12.6 Å². The second kappa shape index (κ2) is 4.91. The van der Waals surface area contributed by atoms with Crippen molar-refractivity contribution in [3.63, 3.8) is 0 Å². The van der Waals surface area contributed by atoms with E-state index in [1.165, 1.54) is 12.1 Å². The summed E-state index contributed by atoms with van der Waals surface area (Å²) < 4.78 is 27.3. The summed E-state index contributed by atoms with van der Waals surface area (Å²) in [6.07, 6.45) is 1.88. The number of nitrogens with one attached hydrogen (secondary N) is 1.